The van der Waals surface area contributed by atoms with Crippen molar-refractivity contribution in [2.75, 3.05) is 38.3 Å². The van der Waals surface area contributed by atoms with Gasteiger partial charge in [-0.25, -0.2) is 0 Å². The molecule has 0 unspecified atom stereocenters. The molecule has 0 radical (unpaired) electrons. The average Bonchev–Trinajstić information content (AvgIpc) is 3.01. The first-order chi connectivity index (χ1) is 11.0. The molecule has 0 spiro atoms. The smallest absolute Gasteiger partial charge is 0.313 e. The zero-order chi connectivity index (χ0) is 16.4. The minimum absolute atomic E-state index is 0.0260. The van der Waals surface area contributed by atoms with Crippen LogP contribution in [0.3, 0.4) is 0 Å². The van der Waals surface area contributed by atoms with Crippen LogP contribution in [-0.2, 0) is 14.4 Å². The monoisotopic (exact) mass is 319 g/mol. The molecule has 2 aliphatic heterocycles. The number of hydrogen-bond donors (Lipinski definition) is 1. The Hall–Kier alpha value is -2.77. The fourth-order valence-electron chi connectivity index (χ4n) is 2.53. The van der Waals surface area contributed by atoms with Gasteiger partial charge in [0.1, 0.15) is 0 Å². The lowest BCUT2D eigenvalue weighted by Gasteiger charge is -2.33. The van der Waals surface area contributed by atoms with Crippen molar-refractivity contribution in [3.8, 4) is 11.5 Å². The second-order valence-corrected chi connectivity index (χ2v) is 5.32. The van der Waals surface area contributed by atoms with Crippen molar-refractivity contribution in [3.63, 3.8) is 0 Å². The Bertz CT molecular complexity index is 653. The Morgan fingerprint density at radius 1 is 1.00 bits per heavy atom. The van der Waals surface area contributed by atoms with Gasteiger partial charge in [-0.05, 0) is 12.1 Å². The molecule has 1 fully saturated rings. The van der Waals surface area contributed by atoms with Crippen LogP contribution in [0.2, 0.25) is 0 Å². The van der Waals surface area contributed by atoms with E-state index < -0.39 is 11.8 Å². The average molecular weight is 319 g/mol. The maximum Gasteiger partial charge on any atom is 0.313 e. The van der Waals surface area contributed by atoms with Crippen LogP contribution in [0.4, 0.5) is 5.69 Å². The van der Waals surface area contributed by atoms with Crippen LogP contribution in [0.5, 0.6) is 11.5 Å². The normalized spacial score (nSPS) is 16.2. The molecular weight excluding hydrogens is 302 g/mol. The third kappa shape index (κ3) is 3.20. The van der Waals surface area contributed by atoms with Gasteiger partial charge in [0.15, 0.2) is 11.5 Å². The van der Waals surface area contributed by atoms with Crippen LogP contribution < -0.4 is 14.8 Å². The Balaban J connectivity index is 1.58. The fraction of sp³-hybridized carbons (Fsp3) is 0.400. The minimum atomic E-state index is -0.708. The van der Waals surface area contributed by atoms with Gasteiger partial charge in [0.25, 0.3) is 0 Å². The standard InChI is InChI=1S/C15H17N3O5/c1-10(19)17-4-6-18(7-5-17)15(21)14(20)16-11-2-3-12-13(8-11)23-9-22-12/h2-3,8H,4-7,9H2,1H3,(H,16,20). The maximum absolute atomic E-state index is 12.2. The number of fused-ring (bicyclic) bond motifs is 1. The van der Waals surface area contributed by atoms with Crippen LogP contribution in [0.15, 0.2) is 18.2 Å². The predicted molar refractivity (Wildman–Crippen MR) is 80.0 cm³/mol. The second kappa shape index (κ2) is 6.15. The third-order valence-corrected chi connectivity index (χ3v) is 3.84. The zero-order valence-corrected chi connectivity index (χ0v) is 12.7. The molecule has 1 aromatic carbocycles. The van der Waals surface area contributed by atoms with Gasteiger partial charge in [-0.2, -0.15) is 0 Å². The van der Waals surface area contributed by atoms with E-state index in [1.54, 1.807) is 23.1 Å². The summed E-state index contributed by atoms with van der Waals surface area (Å²) in [4.78, 5) is 38.6. The van der Waals surface area contributed by atoms with Gasteiger partial charge < -0.3 is 24.6 Å². The highest BCUT2D eigenvalue weighted by molar-refractivity contribution is 6.39. The molecular formula is C15H17N3O5. The van der Waals surface area contributed by atoms with Crippen LogP contribution in [0.25, 0.3) is 0 Å². The molecule has 2 heterocycles. The number of carbonyl (C=O) groups excluding carboxylic acids is 3. The van der Waals surface area contributed by atoms with E-state index in [0.717, 1.165) is 0 Å². The van der Waals surface area contributed by atoms with E-state index >= 15 is 0 Å². The Kier molecular flexibility index (Phi) is 4.05. The Labute approximate surface area is 132 Å². The van der Waals surface area contributed by atoms with Crippen molar-refractivity contribution >= 4 is 23.4 Å². The Morgan fingerprint density at radius 2 is 1.65 bits per heavy atom. The summed E-state index contributed by atoms with van der Waals surface area (Å²) in [5, 5.41) is 2.56. The van der Waals surface area contributed by atoms with E-state index in [2.05, 4.69) is 5.32 Å². The first kappa shape index (κ1) is 15.1. The first-order valence-corrected chi connectivity index (χ1v) is 7.30. The van der Waals surface area contributed by atoms with E-state index in [1.165, 1.54) is 11.8 Å². The number of carbonyl (C=O) groups is 3. The highest BCUT2D eigenvalue weighted by Gasteiger charge is 2.27. The molecule has 3 rings (SSSR count). The largest absolute Gasteiger partial charge is 0.454 e. The number of ether oxygens (including phenoxy) is 2. The number of hydrogen-bond acceptors (Lipinski definition) is 5. The van der Waals surface area contributed by atoms with Gasteiger partial charge in [-0.3, -0.25) is 14.4 Å². The number of piperazine rings is 1. The number of benzene rings is 1. The number of nitrogens with one attached hydrogen (secondary N) is 1. The van der Waals surface area contributed by atoms with E-state index in [0.29, 0.717) is 43.4 Å². The molecule has 0 aliphatic carbocycles. The van der Waals surface area contributed by atoms with E-state index in [4.69, 9.17) is 9.47 Å². The SMILES string of the molecule is CC(=O)N1CCN(C(=O)C(=O)Nc2ccc3c(c2)OCO3)CC1. The molecule has 0 atom stereocenters. The molecule has 1 aromatic rings. The van der Waals surface area contributed by atoms with Crippen LogP contribution in [-0.4, -0.2) is 60.5 Å². The van der Waals surface area contributed by atoms with Crippen molar-refractivity contribution in [3.05, 3.63) is 18.2 Å². The molecule has 0 bridgehead atoms. The van der Waals surface area contributed by atoms with E-state index in [-0.39, 0.29) is 12.7 Å². The van der Waals surface area contributed by atoms with Crippen molar-refractivity contribution in [1.82, 2.24) is 9.80 Å². The van der Waals surface area contributed by atoms with Gasteiger partial charge in [-0.1, -0.05) is 0 Å². The van der Waals surface area contributed by atoms with Crippen LogP contribution >= 0.6 is 0 Å². The molecule has 8 heteroatoms. The summed E-state index contributed by atoms with van der Waals surface area (Å²) < 4.78 is 10.4. The van der Waals surface area contributed by atoms with Crippen molar-refractivity contribution in [2.24, 2.45) is 0 Å². The fourth-order valence-corrected chi connectivity index (χ4v) is 2.53. The Morgan fingerprint density at radius 3 is 2.35 bits per heavy atom. The van der Waals surface area contributed by atoms with Gasteiger partial charge in [0.05, 0.1) is 0 Å². The summed E-state index contributed by atoms with van der Waals surface area (Å²) in [6.45, 7) is 3.23. The summed E-state index contributed by atoms with van der Waals surface area (Å²) in [6.07, 6.45) is 0. The molecule has 0 saturated carbocycles. The number of anilines is 1. The molecule has 122 valence electrons. The third-order valence-electron chi connectivity index (χ3n) is 3.84. The molecule has 2 aliphatic rings. The molecule has 1 N–H and O–H groups in total. The lowest BCUT2D eigenvalue weighted by atomic mass is 10.2. The molecule has 3 amide bonds. The summed E-state index contributed by atoms with van der Waals surface area (Å²) in [7, 11) is 0. The zero-order valence-electron chi connectivity index (χ0n) is 12.7. The summed E-state index contributed by atoms with van der Waals surface area (Å²) in [6, 6.07) is 4.93. The lowest BCUT2D eigenvalue weighted by Crippen LogP contribution is -2.52. The van der Waals surface area contributed by atoms with Gasteiger partial charge in [-0.15, -0.1) is 0 Å². The van der Waals surface area contributed by atoms with Gasteiger partial charge in [0.2, 0.25) is 12.7 Å². The highest BCUT2D eigenvalue weighted by atomic mass is 16.7. The predicted octanol–water partition coefficient (Wildman–Crippen LogP) is 0.0445. The lowest BCUT2D eigenvalue weighted by molar-refractivity contribution is -0.145. The summed E-state index contributed by atoms with van der Waals surface area (Å²) >= 11 is 0. The van der Waals surface area contributed by atoms with Crippen molar-refractivity contribution in [2.45, 2.75) is 6.92 Å². The molecule has 1 saturated heterocycles. The number of amides is 3. The summed E-state index contributed by atoms with van der Waals surface area (Å²) in [5.74, 6) is -0.201. The second-order valence-electron chi connectivity index (χ2n) is 5.32. The topological polar surface area (TPSA) is 88.2 Å². The van der Waals surface area contributed by atoms with E-state index in [9.17, 15) is 14.4 Å². The summed E-state index contributed by atoms with van der Waals surface area (Å²) in [5.41, 5.74) is 0.468. The van der Waals surface area contributed by atoms with Crippen LogP contribution in [0, 0.1) is 0 Å². The minimum Gasteiger partial charge on any atom is -0.454 e. The molecule has 23 heavy (non-hydrogen) atoms. The number of nitrogens with zero attached hydrogens (tertiary/aromatic N) is 2. The number of rotatable bonds is 1. The maximum atomic E-state index is 12.2. The van der Waals surface area contributed by atoms with E-state index in [1.807, 2.05) is 0 Å². The van der Waals surface area contributed by atoms with Crippen molar-refractivity contribution < 1.29 is 23.9 Å². The molecule has 8 nitrogen and oxygen atoms in total. The first-order valence-electron chi connectivity index (χ1n) is 7.30. The van der Waals surface area contributed by atoms with Gasteiger partial charge >= 0.3 is 11.8 Å². The molecule has 0 aromatic heterocycles. The quantitative estimate of drug-likeness (QED) is 0.739. The van der Waals surface area contributed by atoms with Crippen LogP contribution in [0.1, 0.15) is 6.92 Å². The highest BCUT2D eigenvalue weighted by Crippen LogP contribution is 2.34. The van der Waals surface area contributed by atoms with Gasteiger partial charge in [0, 0.05) is 44.9 Å². The van der Waals surface area contributed by atoms with Crippen molar-refractivity contribution in [1.29, 1.82) is 0 Å².